The van der Waals surface area contributed by atoms with Crippen molar-refractivity contribution in [2.45, 2.75) is 39.5 Å². The molecule has 0 amide bonds. The fourth-order valence-corrected chi connectivity index (χ4v) is 1.63. The number of nitrogens with zero attached hydrogens (tertiary/aromatic N) is 5. The van der Waals surface area contributed by atoms with Gasteiger partial charge in [0.1, 0.15) is 11.5 Å². The van der Waals surface area contributed by atoms with Crippen molar-refractivity contribution in [3.8, 4) is 0 Å². The number of rotatable bonds is 5. The number of aryl methyl sites for hydroxylation is 3. The van der Waals surface area contributed by atoms with E-state index in [9.17, 15) is 5.11 Å². The molecule has 6 nitrogen and oxygen atoms in total. The molecular weight excluding hydrogens is 218 g/mol. The molecule has 6 heteroatoms. The fraction of sp³-hybridized carbons (Fsp3) is 0.545. The summed E-state index contributed by atoms with van der Waals surface area (Å²) < 4.78 is 3.80. The topological polar surface area (TPSA) is 68.8 Å². The Morgan fingerprint density at radius 1 is 1.41 bits per heavy atom. The summed E-state index contributed by atoms with van der Waals surface area (Å²) in [5, 5.41) is 17.5. The van der Waals surface area contributed by atoms with Gasteiger partial charge in [-0.2, -0.15) is 0 Å². The average Bonchev–Trinajstić information content (AvgIpc) is 2.94. The van der Waals surface area contributed by atoms with E-state index in [0.29, 0.717) is 12.1 Å². The third kappa shape index (κ3) is 2.71. The van der Waals surface area contributed by atoms with Crippen molar-refractivity contribution >= 4 is 0 Å². The van der Waals surface area contributed by atoms with Gasteiger partial charge in [-0.25, -0.2) is 4.98 Å². The normalized spacial score (nSPS) is 12.9. The summed E-state index contributed by atoms with van der Waals surface area (Å²) in [5.74, 6) is 0.985. The number of imidazole rings is 1. The van der Waals surface area contributed by atoms with Crippen LogP contribution in [0.2, 0.25) is 0 Å². The van der Waals surface area contributed by atoms with Gasteiger partial charge in [0.15, 0.2) is 0 Å². The van der Waals surface area contributed by atoms with E-state index >= 15 is 0 Å². The van der Waals surface area contributed by atoms with Crippen LogP contribution in [0, 0.1) is 6.92 Å². The van der Waals surface area contributed by atoms with Crippen LogP contribution in [0.4, 0.5) is 0 Å². The summed E-state index contributed by atoms with van der Waals surface area (Å²) in [6.45, 7) is 5.41. The van der Waals surface area contributed by atoms with Gasteiger partial charge in [-0.3, -0.25) is 4.68 Å². The maximum absolute atomic E-state index is 9.61. The zero-order valence-corrected chi connectivity index (χ0v) is 10.1. The predicted molar refractivity (Wildman–Crippen MR) is 62.2 cm³/mol. The van der Waals surface area contributed by atoms with Crippen LogP contribution in [0.1, 0.15) is 31.0 Å². The van der Waals surface area contributed by atoms with Crippen molar-refractivity contribution in [3.05, 3.63) is 30.1 Å². The van der Waals surface area contributed by atoms with Crippen molar-refractivity contribution in [2.75, 3.05) is 0 Å². The lowest BCUT2D eigenvalue weighted by Gasteiger charge is -2.04. The summed E-state index contributed by atoms with van der Waals surface area (Å²) in [6.07, 6.45) is 5.65. The number of aliphatic hydroxyl groups is 1. The Labute approximate surface area is 99.9 Å². The molecule has 0 aliphatic carbocycles. The number of hydrogen-bond donors (Lipinski definition) is 1. The van der Waals surface area contributed by atoms with Gasteiger partial charge in [0.2, 0.25) is 0 Å². The number of aromatic nitrogens is 5. The minimum Gasteiger partial charge on any atom is -0.387 e. The van der Waals surface area contributed by atoms with E-state index in [1.165, 1.54) is 0 Å². The molecule has 0 saturated heterocycles. The summed E-state index contributed by atoms with van der Waals surface area (Å²) in [7, 11) is 0. The molecule has 1 atom stereocenters. The van der Waals surface area contributed by atoms with Gasteiger partial charge in [0.25, 0.3) is 0 Å². The molecule has 1 N–H and O–H groups in total. The second kappa shape index (κ2) is 5.09. The molecule has 92 valence electrons. The molecule has 0 fully saturated rings. The number of hydrogen-bond acceptors (Lipinski definition) is 4. The molecule has 2 rings (SSSR count). The minimum absolute atomic E-state index is 0.515. The van der Waals surface area contributed by atoms with E-state index < -0.39 is 6.10 Å². The SMILES string of the molecule is CCC(O)c1cn(CCn2ccnc2C)nn1. The molecule has 1 unspecified atom stereocenters. The fourth-order valence-electron chi connectivity index (χ4n) is 1.63. The molecule has 0 aromatic carbocycles. The van der Waals surface area contributed by atoms with E-state index in [0.717, 1.165) is 18.9 Å². The third-order valence-electron chi connectivity index (χ3n) is 2.78. The lowest BCUT2D eigenvalue weighted by molar-refractivity contribution is 0.168. The zero-order valence-electron chi connectivity index (χ0n) is 10.1. The molecule has 2 heterocycles. The van der Waals surface area contributed by atoms with Gasteiger partial charge in [-0.1, -0.05) is 12.1 Å². The van der Waals surface area contributed by atoms with Gasteiger partial charge in [0.05, 0.1) is 18.8 Å². The van der Waals surface area contributed by atoms with Gasteiger partial charge >= 0.3 is 0 Å². The average molecular weight is 235 g/mol. The van der Waals surface area contributed by atoms with Crippen LogP contribution < -0.4 is 0 Å². The van der Waals surface area contributed by atoms with Crippen LogP contribution in [-0.4, -0.2) is 29.7 Å². The molecule has 0 bridgehead atoms. The second-order valence-corrected chi connectivity index (χ2v) is 4.00. The van der Waals surface area contributed by atoms with Crippen molar-refractivity contribution < 1.29 is 5.11 Å². The molecule has 0 saturated carbocycles. The molecule has 2 aromatic heterocycles. The highest BCUT2D eigenvalue weighted by Crippen LogP contribution is 2.11. The van der Waals surface area contributed by atoms with E-state index in [-0.39, 0.29) is 0 Å². The zero-order chi connectivity index (χ0) is 12.3. The molecule has 0 radical (unpaired) electrons. The molecule has 2 aromatic rings. The van der Waals surface area contributed by atoms with Crippen LogP contribution in [0.15, 0.2) is 18.6 Å². The maximum Gasteiger partial charge on any atom is 0.111 e. The van der Waals surface area contributed by atoms with Crippen molar-refractivity contribution in [3.63, 3.8) is 0 Å². The highest BCUT2D eigenvalue weighted by atomic mass is 16.3. The Kier molecular flexibility index (Phi) is 3.53. The van der Waals surface area contributed by atoms with Gasteiger partial charge in [0, 0.05) is 18.9 Å². The van der Waals surface area contributed by atoms with E-state index in [2.05, 4.69) is 19.9 Å². The summed E-state index contributed by atoms with van der Waals surface area (Å²) in [6, 6.07) is 0. The van der Waals surface area contributed by atoms with Crippen molar-refractivity contribution in [1.82, 2.24) is 24.5 Å². The van der Waals surface area contributed by atoms with Gasteiger partial charge in [-0.05, 0) is 13.3 Å². The van der Waals surface area contributed by atoms with Gasteiger partial charge < -0.3 is 9.67 Å². The van der Waals surface area contributed by atoms with Crippen LogP contribution in [0.5, 0.6) is 0 Å². The molecule has 0 aliphatic heterocycles. The lowest BCUT2D eigenvalue weighted by Crippen LogP contribution is -2.08. The van der Waals surface area contributed by atoms with Crippen LogP contribution in [0.3, 0.4) is 0 Å². The van der Waals surface area contributed by atoms with Crippen molar-refractivity contribution in [2.24, 2.45) is 0 Å². The van der Waals surface area contributed by atoms with Crippen molar-refractivity contribution in [1.29, 1.82) is 0 Å². The van der Waals surface area contributed by atoms with E-state index in [1.807, 2.05) is 20.0 Å². The van der Waals surface area contributed by atoms with E-state index in [4.69, 9.17) is 0 Å². The Hall–Kier alpha value is -1.69. The first kappa shape index (κ1) is 11.8. The van der Waals surface area contributed by atoms with Crippen LogP contribution in [-0.2, 0) is 13.1 Å². The second-order valence-electron chi connectivity index (χ2n) is 4.00. The standard InChI is InChI=1S/C11H17N5O/c1-3-11(17)10-8-16(14-13-10)7-6-15-5-4-12-9(15)2/h4-5,8,11,17H,3,6-7H2,1-2H3. The highest BCUT2D eigenvalue weighted by molar-refractivity contribution is 4.96. The lowest BCUT2D eigenvalue weighted by atomic mass is 10.2. The summed E-state index contributed by atoms with van der Waals surface area (Å²) >= 11 is 0. The minimum atomic E-state index is -0.515. The predicted octanol–water partition coefficient (Wildman–Crippen LogP) is 0.927. The Morgan fingerprint density at radius 2 is 2.24 bits per heavy atom. The molecule has 0 spiro atoms. The monoisotopic (exact) mass is 235 g/mol. The first-order valence-electron chi connectivity index (χ1n) is 5.76. The number of aliphatic hydroxyl groups excluding tert-OH is 1. The first-order valence-corrected chi connectivity index (χ1v) is 5.76. The Bertz CT molecular complexity index is 476. The van der Waals surface area contributed by atoms with Crippen LogP contribution in [0.25, 0.3) is 0 Å². The quantitative estimate of drug-likeness (QED) is 0.837. The first-order chi connectivity index (χ1) is 8.20. The largest absolute Gasteiger partial charge is 0.387 e. The van der Waals surface area contributed by atoms with Crippen LogP contribution >= 0.6 is 0 Å². The molecule has 17 heavy (non-hydrogen) atoms. The molecule has 0 aliphatic rings. The maximum atomic E-state index is 9.61. The molecular formula is C11H17N5O. The summed E-state index contributed by atoms with van der Waals surface area (Å²) in [4.78, 5) is 4.15. The van der Waals surface area contributed by atoms with Gasteiger partial charge in [-0.15, -0.1) is 5.10 Å². The third-order valence-corrected chi connectivity index (χ3v) is 2.78. The smallest absolute Gasteiger partial charge is 0.111 e. The Balaban J connectivity index is 1.96. The Morgan fingerprint density at radius 3 is 2.88 bits per heavy atom. The highest BCUT2D eigenvalue weighted by Gasteiger charge is 2.09. The summed E-state index contributed by atoms with van der Waals surface area (Å²) in [5.41, 5.74) is 0.634. The van der Waals surface area contributed by atoms with E-state index in [1.54, 1.807) is 17.1 Å².